The van der Waals surface area contributed by atoms with E-state index < -0.39 is 0 Å². The van der Waals surface area contributed by atoms with E-state index in [1.165, 1.54) is 51.9 Å². The minimum Gasteiger partial charge on any atom is -0.376 e. The van der Waals surface area contributed by atoms with Crippen molar-refractivity contribution in [2.45, 2.75) is 77.1 Å². The van der Waals surface area contributed by atoms with Crippen LogP contribution in [0.2, 0.25) is 0 Å². The van der Waals surface area contributed by atoms with Crippen LogP contribution in [-0.2, 0) is 11.3 Å². The molecule has 2 saturated heterocycles. The van der Waals surface area contributed by atoms with Crippen LogP contribution in [0.3, 0.4) is 0 Å². The first kappa shape index (κ1) is 18.3. The number of nitrogens with one attached hydrogen (secondary N) is 2. The summed E-state index contributed by atoms with van der Waals surface area (Å²) in [6.07, 6.45) is 8.34. The molecule has 0 spiro atoms. The number of aromatic nitrogens is 4. The fourth-order valence-electron chi connectivity index (χ4n) is 5.44. The molecule has 3 aliphatic rings. The van der Waals surface area contributed by atoms with Gasteiger partial charge in [-0.05, 0) is 49.0 Å². The largest absolute Gasteiger partial charge is 0.376 e. The highest BCUT2D eigenvalue weighted by atomic mass is 16.5. The molecule has 0 amide bonds. The zero-order valence-corrected chi connectivity index (χ0v) is 16.5. The highest BCUT2D eigenvalue weighted by molar-refractivity contribution is 4.90. The van der Waals surface area contributed by atoms with Gasteiger partial charge in [-0.1, -0.05) is 13.8 Å². The van der Waals surface area contributed by atoms with Crippen molar-refractivity contribution in [3.8, 4) is 0 Å². The first-order valence-electron chi connectivity index (χ1n) is 10.8. The maximum Gasteiger partial charge on any atom is 0.209 e. The zero-order valence-electron chi connectivity index (χ0n) is 16.5. The number of piperazine rings is 1. The van der Waals surface area contributed by atoms with Gasteiger partial charge in [-0.3, -0.25) is 0 Å². The molecule has 4 rings (SSSR count). The Labute approximate surface area is 157 Å². The predicted molar refractivity (Wildman–Crippen MR) is 98.0 cm³/mol. The van der Waals surface area contributed by atoms with Crippen molar-refractivity contribution in [1.82, 2.24) is 20.2 Å². The topological polar surface area (TPSA) is 61.7 Å². The Kier molecular flexibility index (Phi) is 5.86. The summed E-state index contributed by atoms with van der Waals surface area (Å²) in [4.78, 5) is 3.53. The summed E-state index contributed by atoms with van der Waals surface area (Å²) < 4.78 is 7.84. The molecule has 7 heteroatoms. The van der Waals surface area contributed by atoms with Gasteiger partial charge in [-0.15, -0.1) is 5.10 Å². The Morgan fingerprint density at radius 2 is 1.85 bits per heavy atom. The number of quaternary nitrogens is 2. The van der Waals surface area contributed by atoms with E-state index in [0.29, 0.717) is 12.0 Å². The molecule has 0 radical (unpaired) electrons. The standard InChI is InChI=1S/C19H34N6O/c1-15(2)18(19-20-21-22-25(19)14-17-8-5-13-26-17)24-11-9-23(10-12-24)16-6-3-4-7-16/h15-18H,3-14H2,1-2H3/p+2/t17-,18-/m1/s1. The van der Waals surface area contributed by atoms with Gasteiger partial charge in [-0.2, -0.15) is 0 Å². The van der Waals surface area contributed by atoms with Crippen LogP contribution >= 0.6 is 0 Å². The van der Waals surface area contributed by atoms with Gasteiger partial charge in [0, 0.05) is 12.5 Å². The van der Waals surface area contributed by atoms with Gasteiger partial charge >= 0.3 is 0 Å². The van der Waals surface area contributed by atoms with Crippen molar-refractivity contribution in [3.05, 3.63) is 5.82 Å². The Bertz CT molecular complexity index is 556. The number of ether oxygens (including phenoxy) is 1. The number of nitrogens with zero attached hydrogens (tertiary/aromatic N) is 4. The number of hydrogen-bond donors (Lipinski definition) is 2. The molecule has 1 aliphatic carbocycles. The first-order chi connectivity index (χ1) is 12.7. The monoisotopic (exact) mass is 364 g/mol. The summed E-state index contributed by atoms with van der Waals surface area (Å²) in [7, 11) is 0. The van der Waals surface area contributed by atoms with Gasteiger partial charge in [0.25, 0.3) is 0 Å². The van der Waals surface area contributed by atoms with E-state index in [0.717, 1.165) is 37.9 Å². The summed E-state index contributed by atoms with van der Waals surface area (Å²) >= 11 is 0. The normalized spacial score (nSPS) is 31.7. The lowest BCUT2D eigenvalue weighted by molar-refractivity contribution is -1.04. The molecular formula is C19H36N6O+2. The Morgan fingerprint density at radius 3 is 2.50 bits per heavy atom. The highest BCUT2D eigenvalue weighted by Gasteiger charge is 2.38. The molecule has 0 unspecified atom stereocenters. The lowest BCUT2D eigenvalue weighted by atomic mass is 10.00. The molecule has 3 fully saturated rings. The molecule has 2 aliphatic heterocycles. The molecule has 1 saturated carbocycles. The van der Waals surface area contributed by atoms with Crippen molar-refractivity contribution < 1.29 is 14.5 Å². The molecule has 0 bridgehead atoms. The Morgan fingerprint density at radius 1 is 1.08 bits per heavy atom. The highest BCUT2D eigenvalue weighted by Crippen LogP contribution is 2.19. The van der Waals surface area contributed by atoms with Crippen molar-refractivity contribution >= 4 is 0 Å². The summed E-state index contributed by atoms with van der Waals surface area (Å²) in [6.45, 7) is 11.4. The molecule has 3 heterocycles. The molecule has 2 atom stereocenters. The van der Waals surface area contributed by atoms with E-state index in [2.05, 4.69) is 29.4 Å². The minimum atomic E-state index is 0.281. The van der Waals surface area contributed by atoms with Crippen LogP contribution in [-0.4, -0.2) is 65.1 Å². The van der Waals surface area contributed by atoms with Crippen LogP contribution in [0.4, 0.5) is 0 Å². The molecule has 2 N–H and O–H groups in total. The number of tetrazole rings is 1. The molecule has 0 aromatic carbocycles. The Hall–Kier alpha value is -1.05. The second kappa shape index (κ2) is 8.31. The first-order valence-corrected chi connectivity index (χ1v) is 10.8. The van der Waals surface area contributed by atoms with Crippen LogP contribution in [0.25, 0.3) is 0 Å². The van der Waals surface area contributed by atoms with Crippen LogP contribution in [0.1, 0.15) is 64.2 Å². The molecule has 1 aromatic heterocycles. The van der Waals surface area contributed by atoms with Gasteiger partial charge in [0.1, 0.15) is 26.2 Å². The van der Waals surface area contributed by atoms with Crippen LogP contribution in [0, 0.1) is 5.92 Å². The van der Waals surface area contributed by atoms with E-state index in [1.54, 1.807) is 4.90 Å². The van der Waals surface area contributed by atoms with E-state index in [1.807, 2.05) is 9.58 Å². The van der Waals surface area contributed by atoms with Gasteiger partial charge in [0.05, 0.1) is 18.7 Å². The van der Waals surface area contributed by atoms with Gasteiger partial charge < -0.3 is 14.5 Å². The molecule has 1 aromatic rings. The maximum absolute atomic E-state index is 5.81. The van der Waals surface area contributed by atoms with Crippen molar-refractivity contribution in [3.63, 3.8) is 0 Å². The van der Waals surface area contributed by atoms with E-state index in [-0.39, 0.29) is 6.10 Å². The Balaban J connectivity index is 1.42. The summed E-state index contributed by atoms with van der Waals surface area (Å²) in [5, 5.41) is 12.8. The third kappa shape index (κ3) is 3.94. The van der Waals surface area contributed by atoms with Gasteiger partial charge in [-0.25, -0.2) is 4.68 Å². The van der Waals surface area contributed by atoms with E-state index in [9.17, 15) is 0 Å². The smallest absolute Gasteiger partial charge is 0.209 e. The zero-order chi connectivity index (χ0) is 17.9. The predicted octanol–water partition coefficient (Wildman–Crippen LogP) is -0.725. The molecule has 7 nitrogen and oxygen atoms in total. The summed E-state index contributed by atoms with van der Waals surface area (Å²) in [6, 6.07) is 1.32. The second-order valence-electron chi connectivity index (χ2n) is 8.87. The molecule has 26 heavy (non-hydrogen) atoms. The van der Waals surface area contributed by atoms with Crippen LogP contribution in [0.15, 0.2) is 0 Å². The van der Waals surface area contributed by atoms with Crippen molar-refractivity contribution in [2.75, 3.05) is 32.8 Å². The summed E-state index contributed by atoms with van der Waals surface area (Å²) in [5.74, 6) is 1.60. The fraction of sp³-hybridized carbons (Fsp3) is 0.947. The van der Waals surface area contributed by atoms with Crippen molar-refractivity contribution in [1.29, 1.82) is 0 Å². The number of hydrogen-bond acceptors (Lipinski definition) is 4. The third-order valence-electron chi connectivity index (χ3n) is 6.81. The molecule has 146 valence electrons. The van der Waals surface area contributed by atoms with Crippen molar-refractivity contribution in [2.24, 2.45) is 5.92 Å². The maximum atomic E-state index is 5.81. The van der Waals surface area contributed by atoms with Crippen LogP contribution < -0.4 is 9.80 Å². The van der Waals surface area contributed by atoms with Gasteiger partial charge in [0.15, 0.2) is 6.04 Å². The SMILES string of the molecule is CC(C)[C@H](c1nnnn1C[C@H]1CCCO1)[NH+]1CC[NH+](C2CCCC2)CC1. The molecular weight excluding hydrogens is 328 g/mol. The summed E-state index contributed by atoms with van der Waals surface area (Å²) in [5.41, 5.74) is 0. The van der Waals surface area contributed by atoms with Crippen LogP contribution in [0.5, 0.6) is 0 Å². The van der Waals surface area contributed by atoms with E-state index >= 15 is 0 Å². The fourth-order valence-corrected chi connectivity index (χ4v) is 5.44. The third-order valence-corrected chi connectivity index (χ3v) is 6.81. The minimum absolute atomic E-state index is 0.281. The lowest BCUT2D eigenvalue weighted by Crippen LogP contribution is -3.29. The number of rotatable bonds is 6. The average Bonchev–Trinajstić information content (AvgIpc) is 3.39. The van der Waals surface area contributed by atoms with E-state index in [4.69, 9.17) is 4.74 Å². The second-order valence-corrected chi connectivity index (χ2v) is 8.87. The quantitative estimate of drug-likeness (QED) is 0.699. The lowest BCUT2D eigenvalue weighted by Gasteiger charge is -2.37. The van der Waals surface area contributed by atoms with Gasteiger partial charge in [0.2, 0.25) is 5.82 Å². The average molecular weight is 365 g/mol.